The quantitative estimate of drug-likeness (QED) is 0.938. The normalized spacial score (nSPS) is 13.1. The van der Waals surface area contributed by atoms with Gasteiger partial charge < -0.3 is 5.32 Å². The molecule has 1 aromatic carbocycles. The Morgan fingerprint density at radius 3 is 2.61 bits per heavy atom. The molecule has 1 atom stereocenters. The number of nitrogens with one attached hydrogen (secondary N) is 1. The minimum Gasteiger partial charge on any atom is -0.354 e. The summed E-state index contributed by atoms with van der Waals surface area (Å²) in [5.74, 6) is -0.515. The number of benzene rings is 1. The second-order valence-electron chi connectivity index (χ2n) is 5.09. The predicted molar refractivity (Wildman–Crippen MR) is 79.0 cm³/mol. The number of fused-ring (bicyclic) bond motifs is 1. The summed E-state index contributed by atoms with van der Waals surface area (Å²) in [6.45, 7) is 3.62. The Morgan fingerprint density at radius 1 is 1.35 bits per heavy atom. The molecule has 124 valence electrons. The first-order chi connectivity index (χ1) is 10.8. The van der Waals surface area contributed by atoms with Gasteiger partial charge in [-0.3, -0.25) is 14.2 Å². The predicted octanol–water partition coefficient (Wildman–Crippen LogP) is 2.50. The summed E-state index contributed by atoms with van der Waals surface area (Å²) >= 11 is 0. The van der Waals surface area contributed by atoms with Crippen LogP contribution in [0.3, 0.4) is 0 Å². The summed E-state index contributed by atoms with van der Waals surface area (Å²) in [7, 11) is 0. The molecule has 23 heavy (non-hydrogen) atoms. The van der Waals surface area contributed by atoms with E-state index in [2.05, 4.69) is 10.3 Å². The van der Waals surface area contributed by atoms with Crippen molar-refractivity contribution in [3.63, 3.8) is 0 Å². The van der Waals surface area contributed by atoms with Gasteiger partial charge in [-0.2, -0.15) is 13.2 Å². The van der Waals surface area contributed by atoms with Gasteiger partial charge in [0, 0.05) is 6.54 Å². The van der Waals surface area contributed by atoms with Gasteiger partial charge in [-0.05, 0) is 25.5 Å². The topological polar surface area (TPSA) is 64.0 Å². The maximum Gasteiger partial charge on any atom is 0.438 e. The molecular formula is C15H16F3N3O2. The molecule has 1 N–H and O–H groups in total. The second-order valence-corrected chi connectivity index (χ2v) is 5.09. The van der Waals surface area contributed by atoms with Crippen LogP contribution in [0.4, 0.5) is 13.2 Å². The Labute approximate surface area is 130 Å². The van der Waals surface area contributed by atoms with Crippen LogP contribution in [-0.4, -0.2) is 22.0 Å². The van der Waals surface area contributed by atoms with Gasteiger partial charge in [-0.25, -0.2) is 4.98 Å². The minimum atomic E-state index is -4.89. The number of alkyl halides is 3. The zero-order valence-corrected chi connectivity index (χ0v) is 12.6. The van der Waals surface area contributed by atoms with Crippen molar-refractivity contribution < 1.29 is 18.0 Å². The summed E-state index contributed by atoms with van der Waals surface area (Å²) in [5.41, 5.74) is -2.65. The van der Waals surface area contributed by atoms with Crippen LogP contribution in [0.15, 0.2) is 29.1 Å². The number of hydrogen-bond acceptors (Lipinski definition) is 3. The third-order valence-corrected chi connectivity index (χ3v) is 3.38. The van der Waals surface area contributed by atoms with Crippen LogP contribution >= 0.6 is 0 Å². The molecule has 1 aromatic heterocycles. The zero-order valence-electron chi connectivity index (χ0n) is 12.6. The van der Waals surface area contributed by atoms with Crippen LogP contribution < -0.4 is 10.9 Å². The minimum absolute atomic E-state index is 0.00886. The molecule has 1 amide bonds. The number of para-hydroxylation sites is 2. The maximum atomic E-state index is 13.0. The molecule has 0 bridgehead atoms. The van der Waals surface area contributed by atoms with Crippen molar-refractivity contribution in [3.05, 3.63) is 40.3 Å². The number of carbonyl (C=O) groups is 1. The van der Waals surface area contributed by atoms with E-state index >= 15 is 0 Å². The van der Waals surface area contributed by atoms with Gasteiger partial charge in [-0.15, -0.1) is 0 Å². The second kappa shape index (κ2) is 6.39. The summed E-state index contributed by atoms with van der Waals surface area (Å²) in [6, 6.07) is 4.85. The number of carbonyl (C=O) groups excluding carboxylic acids is 1. The number of nitrogens with zero attached hydrogens (tertiary/aromatic N) is 2. The van der Waals surface area contributed by atoms with Crippen molar-refractivity contribution in [1.29, 1.82) is 0 Å². The van der Waals surface area contributed by atoms with Crippen LogP contribution in [0.1, 0.15) is 32.0 Å². The highest BCUT2D eigenvalue weighted by molar-refractivity contribution is 5.83. The van der Waals surface area contributed by atoms with E-state index in [0.29, 0.717) is 13.0 Å². The molecular weight excluding hydrogens is 311 g/mol. The molecule has 0 aliphatic heterocycles. The van der Waals surface area contributed by atoms with Crippen LogP contribution in [-0.2, 0) is 11.0 Å². The van der Waals surface area contributed by atoms with Gasteiger partial charge >= 0.3 is 6.18 Å². The standard InChI is InChI=1S/C15H16F3N3O2/c1-3-8-19-13(22)9(2)21-11-7-5-4-6-10(11)20-12(14(21)23)15(16,17)18/h4-7,9H,3,8H2,1-2H3,(H,19,22)/t9-/m1/s1. The molecule has 0 unspecified atom stereocenters. The fraction of sp³-hybridized carbons (Fsp3) is 0.400. The molecule has 0 radical (unpaired) electrons. The average molecular weight is 327 g/mol. The van der Waals surface area contributed by atoms with Crippen molar-refractivity contribution in [1.82, 2.24) is 14.9 Å². The van der Waals surface area contributed by atoms with Crippen LogP contribution in [0.2, 0.25) is 0 Å². The van der Waals surface area contributed by atoms with Crippen molar-refractivity contribution in [2.24, 2.45) is 0 Å². The Kier molecular flexibility index (Phi) is 4.72. The molecule has 0 spiro atoms. The summed E-state index contributed by atoms with van der Waals surface area (Å²) in [4.78, 5) is 27.8. The molecule has 5 nitrogen and oxygen atoms in total. The number of amides is 1. The molecule has 0 saturated heterocycles. The molecule has 1 heterocycles. The Balaban J connectivity index is 2.68. The van der Waals surface area contributed by atoms with Crippen molar-refractivity contribution >= 4 is 16.9 Å². The van der Waals surface area contributed by atoms with Gasteiger partial charge in [0.2, 0.25) is 11.6 Å². The lowest BCUT2D eigenvalue weighted by Gasteiger charge is -2.19. The third kappa shape index (κ3) is 3.35. The van der Waals surface area contributed by atoms with E-state index in [9.17, 15) is 22.8 Å². The van der Waals surface area contributed by atoms with E-state index in [1.807, 2.05) is 6.92 Å². The van der Waals surface area contributed by atoms with E-state index in [1.54, 1.807) is 6.07 Å². The monoisotopic (exact) mass is 327 g/mol. The van der Waals surface area contributed by atoms with Crippen LogP contribution in [0.25, 0.3) is 11.0 Å². The van der Waals surface area contributed by atoms with Crippen molar-refractivity contribution in [2.45, 2.75) is 32.5 Å². The third-order valence-electron chi connectivity index (χ3n) is 3.38. The van der Waals surface area contributed by atoms with Crippen LogP contribution in [0.5, 0.6) is 0 Å². The van der Waals surface area contributed by atoms with Gasteiger partial charge in [0.15, 0.2) is 0 Å². The molecule has 2 rings (SSSR count). The largest absolute Gasteiger partial charge is 0.438 e. The molecule has 2 aromatic rings. The van der Waals surface area contributed by atoms with Gasteiger partial charge in [0.25, 0.3) is 5.56 Å². The summed E-state index contributed by atoms with van der Waals surface area (Å²) < 4.78 is 40.0. The van der Waals surface area contributed by atoms with Crippen molar-refractivity contribution in [3.8, 4) is 0 Å². The lowest BCUT2D eigenvalue weighted by atomic mass is 10.2. The van der Waals surface area contributed by atoms with E-state index in [-0.39, 0.29) is 11.0 Å². The first-order valence-electron chi connectivity index (χ1n) is 7.13. The first kappa shape index (κ1) is 17.0. The number of aromatic nitrogens is 2. The smallest absolute Gasteiger partial charge is 0.354 e. The highest BCUT2D eigenvalue weighted by Gasteiger charge is 2.38. The first-order valence-corrected chi connectivity index (χ1v) is 7.13. The summed E-state index contributed by atoms with van der Waals surface area (Å²) in [6.07, 6.45) is -4.21. The molecule has 0 fully saturated rings. The lowest BCUT2D eigenvalue weighted by molar-refractivity contribution is -0.142. The molecule has 0 saturated carbocycles. The highest BCUT2D eigenvalue weighted by Crippen LogP contribution is 2.27. The SMILES string of the molecule is CCCNC(=O)[C@@H](C)n1c(=O)c(C(F)(F)F)nc2ccccc21. The zero-order chi connectivity index (χ0) is 17.2. The van der Waals surface area contributed by atoms with E-state index < -0.39 is 29.4 Å². The average Bonchev–Trinajstić information content (AvgIpc) is 2.50. The molecule has 0 aliphatic carbocycles. The van der Waals surface area contributed by atoms with Gasteiger partial charge in [-0.1, -0.05) is 19.1 Å². The van der Waals surface area contributed by atoms with Gasteiger partial charge in [0.1, 0.15) is 6.04 Å². The number of hydrogen-bond donors (Lipinski definition) is 1. The van der Waals surface area contributed by atoms with Gasteiger partial charge in [0.05, 0.1) is 11.0 Å². The lowest BCUT2D eigenvalue weighted by Crippen LogP contribution is -2.39. The Morgan fingerprint density at radius 2 is 2.00 bits per heavy atom. The number of halogens is 3. The summed E-state index contributed by atoms with van der Waals surface area (Å²) in [5, 5.41) is 2.58. The van der Waals surface area contributed by atoms with E-state index in [4.69, 9.17) is 0 Å². The van der Waals surface area contributed by atoms with Crippen LogP contribution in [0, 0.1) is 0 Å². The molecule has 8 heteroatoms. The Hall–Kier alpha value is -2.38. The Bertz CT molecular complexity index is 784. The fourth-order valence-corrected chi connectivity index (χ4v) is 2.24. The maximum absolute atomic E-state index is 13.0. The molecule has 0 aliphatic rings. The fourth-order valence-electron chi connectivity index (χ4n) is 2.24. The van der Waals surface area contributed by atoms with Crippen molar-refractivity contribution in [2.75, 3.05) is 6.54 Å². The highest BCUT2D eigenvalue weighted by atomic mass is 19.4. The number of rotatable bonds is 4. The van der Waals surface area contributed by atoms with E-state index in [0.717, 1.165) is 4.57 Å². The van der Waals surface area contributed by atoms with E-state index in [1.165, 1.54) is 25.1 Å².